The number of amides is 3. The molecule has 1 atom stereocenters. The Morgan fingerprint density at radius 2 is 1.68 bits per heavy atom. The summed E-state index contributed by atoms with van der Waals surface area (Å²) >= 11 is 0. The van der Waals surface area contributed by atoms with E-state index >= 15 is 0 Å². The zero-order valence-electron chi connectivity index (χ0n) is 18.4. The first-order chi connectivity index (χ1) is 16.6. The minimum absolute atomic E-state index is 0.146. The van der Waals surface area contributed by atoms with E-state index in [1.165, 1.54) is 18.6 Å². The highest BCUT2D eigenvalue weighted by Crippen LogP contribution is 2.28. The molecule has 3 amide bonds. The molecule has 1 unspecified atom stereocenters. The van der Waals surface area contributed by atoms with Gasteiger partial charge in [0.15, 0.2) is 6.10 Å². The number of para-hydroxylation sites is 1. The van der Waals surface area contributed by atoms with Crippen LogP contribution in [0, 0.1) is 0 Å². The van der Waals surface area contributed by atoms with Gasteiger partial charge in [-0.1, -0.05) is 24.3 Å². The van der Waals surface area contributed by atoms with E-state index in [4.69, 9.17) is 4.74 Å². The van der Waals surface area contributed by atoms with Crippen LogP contribution in [0.15, 0.2) is 67.1 Å². The van der Waals surface area contributed by atoms with Gasteiger partial charge in [-0.15, -0.1) is 0 Å². The van der Waals surface area contributed by atoms with Crippen LogP contribution in [0.2, 0.25) is 0 Å². The van der Waals surface area contributed by atoms with Crippen LogP contribution in [0.4, 0.5) is 5.69 Å². The molecule has 2 aromatic carbocycles. The van der Waals surface area contributed by atoms with E-state index in [1.54, 1.807) is 34.1 Å². The van der Waals surface area contributed by atoms with Gasteiger partial charge in [-0.05, 0) is 29.8 Å². The summed E-state index contributed by atoms with van der Waals surface area (Å²) in [4.78, 5) is 49.7. The van der Waals surface area contributed by atoms with Gasteiger partial charge >= 0.3 is 0 Å². The van der Waals surface area contributed by atoms with Crippen LogP contribution in [0.5, 0.6) is 5.75 Å². The van der Waals surface area contributed by atoms with Crippen LogP contribution in [-0.4, -0.2) is 69.8 Å². The fraction of sp³-hybridized carbons (Fsp3) is 0.240. The third-order valence-electron chi connectivity index (χ3n) is 5.95. The molecule has 9 heteroatoms. The number of anilines is 1. The van der Waals surface area contributed by atoms with Crippen molar-refractivity contribution < 1.29 is 19.1 Å². The maximum atomic E-state index is 13.1. The lowest BCUT2D eigenvalue weighted by Gasteiger charge is -2.34. The molecular formula is C25H23N5O4. The van der Waals surface area contributed by atoms with E-state index in [1.807, 2.05) is 24.3 Å². The minimum Gasteiger partial charge on any atom is -0.480 e. The summed E-state index contributed by atoms with van der Waals surface area (Å²) in [6, 6.07) is 14.5. The highest BCUT2D eigenvalue weighted by atomic mass is 16.5. The number of ether oxygens (including phenoxy) is 1. The first-order valence-electron chi connectivity index (χ1n) is 11.1. The first-order valence-corrected chi connectivity index (χ1v) is 11.1. The van der Waals surface area contributed by atoms with Gasteiger partial charge in [0.1, 0.15) is 11.4 Å². The number of rotatable bonds is 4. The number of benzene rings is 2. The Labute approximate surface area is 196 Å². The zero-order valence-corrected chi connectivity index (χ0v) is 18.4. The molecule has 0 spiro atoms. The normalized spacial score (nSPS) is 17.0. The van der Waals surface area contributed by atoms with Crippen LogP contribution in [-0.2, 0) is 11.2 Å². The molecule has 34 heavy (non-hydrogen) atoms. The van der Waals surface area contributed by atoms with Crippen molar-refractivity contribution in [2.45, 2.75) is 12.5 Å². The van der Waals surface area contributed by atoms with Crippen molar-refractivity contribution >= 4 is 23.4 Å². The molecule has 2 aliphatic rings. The SMILES string of the molecule is O=C(Nc1cccc(C(=O)N2CCN(C(=O)c3cnccn3)CC2)c1)C1Cc2ccccc2O1. The summed E-state index contributed by atoms with van der Waals surface area (Å²) in [5.41, 5.74) is 2.30. The molecule has 1 aromatic heterocycles. The van der Waals surface area contributed by atoms with Gasteiger partial charge < -0.3 is 19.9 Å². The van der Waals surface area contributed by atoms with Gasteiger partial charge in [-0.25, -0.2) is 4.98 Å². The number of fused-ring (bicyclic) bond motifs is 1. The Bertz CT molecular complexity index is 1200. The third kappa shape index (κ3) is 4.45. The number of carbonyl (C=O) groups is 3. The second kappa shape index (κ2) is 9.30. The monoisotopic (exact) mass is 457 g/mol. The molecule has 2 aliphatic heterocycles. The summed E-state index contributed by atoms with van der Waals surface area (Å²) in [5.74, 6) is 0.133. The molecular weight excluding hydrogens is 434 g/mol. The second-order valence-electron chi connectivity index (χ2n) is 8.16. The molecule has 1 N–H and O–H groups in total. The van der Waals surface area contributed by atoms with Crippen LogP contribution < -0.4 is 10.1 Å². The highest BCUT2D eigenvalue weighted by molar-refractivity contribution is 5.99. The van der Waals surface area contributed by atoms with E-state index in [0.717, 1.165) is 11.3 Å². The Balaban J connectivity index is 1.18. The fourth-order valence-electron chi connectivity index (χ4n) is 4.15. The molecule has 0 aliphatic carbocycles. The van der Waals surface area contributed by atoms with Crippen molar-refractivity contribution in [1.82, 2.24) is 19.8 Å². The maximum absolute atomic E-state index is 13.1. The van der Waals surface area contributed by atoms with E-state index in [0.29, 0.717) is 49.5 Å². The van der Waals surface area contributed by atoms with Gasteiger partial charge in [-0.2, -0.15) is 0 Å². The number of carbonyl (C=O) groups excluding carboxylic acids is 3. The first kappa shape index (κ1) is 21.6. The van der Waals surface area contributed by atoms with Crippen molar-refractivity contribution in [3.05, 3.63) is 83.9 Å². The molecule has 3 aromatic rings. The lowest BCUT2D eigenvalue weighted by Crippen LogP contribution is -2.50. The maximum Gasteiger partial charge on any atom is 0.274 e. The second-order valence-corrected chi connectivity index (χ2v) is 8.16. The molecule has 0 bridgehead atoms. The number of piperazine rings is 1. The Hall–Kier alpha value is -4.27. The van der Waals surface area contributed by atoms with Crippen LogP contribution >= 0.6 is 0 Å². The Kier molecular flexibility index (Phi) is 5.90. The smallest absolute Gasteiger partial charge is 0.274 e. The average molecular weight is 457 g/mol. The summed E-state index contributed by atoms with van der Waals surface area (Å²) in [7, 11) is 0. The van der Waals surface area contributed by atoms with Crippen molar-refractivity contribution in [2.75, 3.05) is 31.5 Å². The molecule has 172 valence electrons. The van der Waals surface area contributed by atoms with Gasteiger partial charge in [0.05, 0.1) is 6.20 Å². The van der Waals surface area contributed by atoms with Crippen molar-refractivity contribution in [3.63, 3.8) is 0 Å². The van der Waals surface area contributed by atoms with Crippen LogP contribution in [0.1, 0.15) is 26.4 Å². The topological polar surface area (TPSA) is 105 Å². The highest BCUT2D eigenvalue weighted by Gasteiger charge is 2.29. The summed E-state index contributed by atoms with van der Waals surface area (Å²) < 4.78 is 5.75. The molecule has 1 fully saturated rings. The number of nitrogens with zero attached hydrogens (tertiary/aromatic N) is 4. The van der Waals surface area contributed by atoms with E-state index in [2.05, 4.69) is 15.3 Å². The van der Waals surface area contributed by atoms with Gasteiger partial charge in [0.2, 0.25) is 0 Å². The number of nitrogens with one attached hydrogen (secondary N) is 1. The minimum atomic E-state index is -0.600. The van der Waals surface area contributed by atoms with E-state index in [-0.39, 0.29) is 17.7 Å². The van der Waals surface area contributed by atoms with Gasteiger partial charge in [0.25, 0.3) is 17.7 Å². The lowest BCUT2D eigenvalue weighted by molar-refractivity contribution is -0.122. The number of hydrogen-bond acceptors (Lipinski definition) is 6. The van der Waals surface area contributed by atoms with Gasteiger partial charge in [-0.3, -0.25) is 19.4 Å². The van der Waals surface area contributed by atoms with E-state index in [9.17, 15) is 14.4 Å². The van der Waals surface area contributed by atoms with Crippen molar-refractivity contribution in [3.8, 4) is 5.75 Å². The van der Waals surface area contributed by atoms with Crippen molar-refractivity contribution in [1.29, 1.82) is 0 Å². The van der Waals surface area contributed by atoms with Crippen LogP contribution in [0.25, 0.3) is 0 Å². The molecule has 9 nitrogen and oxygen atoms in total. The third-order valence-corrected chi connectivity index (χ3v) is 5.95. The molecule has 3 heterocycles. The van der Waals surface area contributed by atoms with E-state index < -0.39 is 6.10 Å². The predicted molar refractivity (Wildman–Crippen MR) is 123 cm³/mol. The number of hydrogen-bond donors (Lipinski definition) is 1. The quantitative estimate of drug-likeness (QED) is 0.643. The summed E-state index contributed by atoms with van der Waals surface area (Å²) in [6.07, 6.45) is 4.35. The predicted octanol–water partition coefficient (Wildman–Crippen LogP) is 2.02. The molecule has 0 radical (unpaired) electrons. The fourth-order valence-corrected chi connectivity index (χ4v) is 4.15. The van der Waals surface area contributed by atoms with Crippen LogP contribution in [0.3, 0.4) is 0 Å². The molecule has 5 rings (SSSR count). The Morgan fingerprint density at radius 3 is 2.41 bits per heavy atom. The Morgan fingerprint density at radius 1 is 0.912 bits per heavy atom. The summed E-state index contributed by atoms with van der Waals surface area (Å²) in [6.45, 7) is 1.65. The van der Waals surface area contributed by atoms with Crippen molar-refractivity contribution in [2.24, 2.45) is 0 Å². The molecule has 0 saturated carbocycles. The van der Waals surface area contributed by atoms with Gasteiger partial charge in [0, 0.05) is 56.2 Å². The zero-order chi connectivity index (χ0) is 23.5. The average Bonchev–Trinajstić information content (AvgIpc) is 3.33. The lowest BCUT2D eigenvalue weighted by atomic mass is 10.1. The summed E-state index contributed by atoms with van der Waals surface area (Å²) in [5, 5.41) is 2.86. The standard InChI is InChI=1S/C25H23N5O4/c31-23(22-15-17-4-1-2-7-21(17)34-22)28-19-6-3-5-18(14-19)24(32)29-10-12-30(13-11-29)25(33)20-16-26-8-9-27-20/h1-9,14,16,22H,10-13,15H2,(H,28,31). The molecule has 1 saturated heterocycles. The largest absolute Gasteiger partial charge is 0.480 e. The number of aromatic nitrogens is 2.